The van der Waals surface area contributed by atoms with Crippen molar-refractivity contribution in [3.05, 3.63) is 0 Å². The second-order valence-electron chi connectivity index (χ2n) is 5.24. The molecule has 1 aliphatic carbocycles. The van der Waals surface area contributed by atoms with E-state index in [2.05, 4.69) is 5.32 Å². The van der Waals surface area contributed by atoms with E-state index in [0.29, 0.717) is 12.0 Å². The second-order valence-corrected chi connectivity index (χ2v) is 5.24. The Kier molecular flexibility index (Phi) is 5.07. The third kappa shape index (κ3) is 3.72. The molecular formula is C13H25NO2. The first-order chi connectivity index (χ1) is 7.86. The Bertz CT molecular complexity index is 192. The fourth-order valence-corrected chi connectivity index (χ4v) is 2.93. The average Bonchev–Trinajstić information content (AvgIpc) is 2.72. The molecule has 0 aromatic rings. The molecule has 0 aromatic heterocycles. The minimum absolute atomic E-state index is 0.0110. The van der Waals surface area contributed by atoms with Gasteiger partial charge in [-0.1, -0.05) is 6.42 Å². The molecule has 2 N–H and O–H groups in total. The van der Waals surface area contributed by atoms with Gasteiger partial charge in [-0.2, -0.15) is 0 Å². The standard InChI is InChI=1S/C13H25NO2/c15-13-5-1-3-11(13)4-2-8-14-12-6-9-16-10-7-12/h11-15H,1-10H2. The summed E-state index contributed by atoms with van der Waals surface area (Å²) < 4.78 is 5.33. The predicted octanol–water partition coefficient (Wildman–Crippen LogP) is 1.70. The van der Waals surface area contributed by atoms with Crippen molar-refractivity contribution in [2.45, 2.75) is 57.1 Å². The van der Waals surface area contributed by atoms with Gasteiger partial charge in [-0.05, 0) is 51.0 Å². The Labute approximate surface area is 98.6 Å². The summed E-state index contributed by atoms with van der Waals surface area (Å²) in [6, 6.07) is 0.669. The van der Waals surface area contributed by atoms with Crippen molar-refractivity contribution in [3.8, 4) is 0 Å². The van der Waals surface area contributed by atoms with Crippen LogP contribution in [0.15, 0.2) is 0 Å². The summed E-state index contributed by atoms with van der Waals surface area (Å²) in [5.74, 6) is 0.580. The lowest BCUT2D eigenvalue weighted by Gasteiger charge is -2.23. The van der Waals surface area contributed by atoms with Crippen LogP contribution < -0.4 is 5.32 Å². The van der Waals surface area contributed by atoms with Crippen LogP contribution in [-0.2, 0) is 4.74 Å². The summed E-state index contributed by atoms with van der Waals surface area (Å²) in [7, 11) is 0. The monoisotopic (exact) mass is 227 g/mol. The van der Waals surface area contributed by atoms with Gasteiger partial charge in [0.15, 0.2) is 0 Å². The molecule has 0 radical (unpaired) electrons. The van der Waals surface area contributed by atoms with Crippen molar-refractivity contribution < 1.29 is 9.84 Å². The van der Waals surface area contributed by atoms with E-state index in [1.54, 1.807) is 0 Å². The smallest absolute Gasteiger partial charge is 0.0568 e. The highest BCUT2D eigenvalue weighted by atomic mass is 16.5. The average molecular weight is 227 g/mol. The van der Waals surface area contributed by atoms with Gasteiger partial charge in [0.05, 0.1) is 6.10 Å². The van der Waals surface area contributed by atoms with Crippen LogP contribution in [0.25, 0.3) is 0 Å². The first-order valence-corrected chi connectivity index (χ1v) is 6.85. The van der Waals surface area contributed by atoms with Crippen LogP contribution >= 0.6 is 0 Å². The van der Waals surface area contributed by atoms with Crippen LogP contribution in [0.4, 0.5) is 0 Å². The van der Waals surface area contributed by atoms with Gasteiger partial charge in [-0.25, -0.2) is 0 Å². The van der Waals surface area contributed by atoms with Crippen LogP contribution in [0.2, 0.25) is 0 Å². The number of hydrogen-bond acceptors (Lipinski definition) is 3. The van der Waals surface area contributed by atoms with Gasteiger partial charge in [0.1, 0.15) is 0 Å². The number of rotatable bonds is 5. The summed E-state index contributed by atoms with van der Waals surface area (Å²) in [4.78, 5) is 0. The first kappa shape index (κ1) is 12.3. The van der Waals surface area contributed by atoms with Crippen LogP contribution in [0.1, 0.15) is 44.9 Å². The lowest BCUT2D eigenvalue weighted by atomic mass is 9.99. The fraction of sp³-hybridized carbons (Fsp3) is 1.00. The zero-order valence-electron chi connectivity index (χ0n) is 10.2. The van der Waals surface area contributed by atoms with E-state index >= 15 is 0 Å². The largest absolute Gasteiger partial charge is 0.393 e. The van der Waals surface area contributed by atoms with E-state index in [9.17, 15) is 5.11 Å². The van der Waals surface area contributed by atoms with Gasteiger partial charge >= 0.3 is 0 Å². The number of ether oxygens (including phenoxy) is 1. The Morgan fingerprint density at radius 2 is 1.94 bits per heavy atom. The molecule has 1 saturated carbocycles. The zero-order chi connectivity index (χ0) is 11.2. The van der Waals surface area contributed by atoms with Gasteiger partial charge < -0.3 is 15.2 Å². The molecule has 0 spiro atoms. The molecule has 0 amide bonds. The first-order valence-electron chi connectivity index (χ1n) is 6.85. The van der Waals surface area contributed by atoms with Gasteiger partial charge in [-0.3, -0.25) is 0 Å². The lowest BCUT2D eigenvalue weighted by Crippen LogP contribution is -2.35. The van der Waals surface area contributed by atoms with Crippen molar-refractivity contribution >= 4 is 0 Å². The number of nitrogens with one attached hydrogen (secondary N) is 1. The maximum atomic E-state index is 9.70. The number of aliphatic hydroxyl groups excluding tert-OH is 1. The summed E-state index contributed by atoms with van der Waals surface area (Å²) in [5.41, 5.74) is 0. The van der Waals surface area contributed by atoms with Gasteiger partial charge in [0, 0.05) is 19.3 Å². The van der Waals surface area contributed by atoms with Crippen molar-refractivity contribution in [3.63, 3.8) is 0 Å². The Hall–Kier alpha value is -0.120. The maximum absolute atomic E-state index is 9.70. The van der Waals surface area contributed by atoms with E-state index in [-0.39, 0.29) is 6.10 Å². The van der Waals surface area contributed by atoms with E-state index in [4.69, 9.17) is 4.74 Å². The molecule has 1 heterocycles. The molecule has 1 aliphatic heterocycles. The van der Waals surface area contributed by atoms with Crippen molar-refractivity contribution in [1.82, 2.24) is 5.32 Å². The van der Waals surface area contributed by atoms with E-state index < -0.39 is 0 Å². The highest BCUT2D eigenvalue weighted by Crippen LogP contribution is 2.28. The normalized spacial score (nSPS) is 32.1. The Morgan fingerprint density at radius 3 is 2.62 bits per heavy atom. The molecular weight excluding hydrogens is 202 g/mol. The van der Waals surface area contributed by atoms with Crippen molar-refractivity contribution in [2.75, 3.05) is 19.8 Å². The predicted molar refractivity (Wildman–Crippen MR) is 64.4 cm³/mol. The van der Waals surface area contributed by atoms with Gasteiger partial charge in [0.2, 0.25) is 0 Å². The summed E-state index contributed by atoms with van der Waals surface area (Å²) >= 11 is 0. The van der Waals surface area contributed by atoms with E-state index in [1.165, 1.54) is 25.7 Å². The molecule has 2 fully saturated rings. The molecule has 0 bridgehead atoms. The molecule has 0 aromatic carbocycles. The van der Waals surface area contributed by atoms with Crippen LogP contribution in [-0.4, -0.2) is 37.0 Å². The third-order valence-electron chi connectivity index (χ3n) is 4.02. The number of hydrogen-bond donors (Lipinski definition) is 2. The molecule has 3 nitrogen and oxygen atoms in total. The Morgan fingerprint density at radius 1 is 1.12 bits per heavy atom. The molecule has 94 valence electrons. The molecule has 2 unspecified atom stereocenters. The maximum Gasteiger partial charge on any atom is 0.0568 e. The van der Waals surface area contributed by atoms with E-state index in [0.717, 1.165) is 39.0 Å². The highest BCUT2D eigenvalue weighted by molar-refractivity contribution is 4.77. The minimum Gasteiger partial charge on any atom is -0.393 e. The van der Waals surface area contributed by atoms with Gasteiger partial charge in [-0.15, -0.1) is 0 Å². The summed E-state index contributed by atoms with van der Waals surface area (Å²) in [6.07, 6.45) is 8.19. The van der Waals surface area contributed by atoms with Crippen LogP contribution in [0, 0.1) is 5.92 Å². The lowest BCUT2D eigenvalue weighted by molar-refractivity contribution is 0.0775. The van der Waals surface area contributed by atoms with Crippen LogP contribution in [0.3, 0.4) is 0 Å². The summed E-state index contributed by atoms with van der Waals surface area (Å²) in [5, 5.41) is 13.3. The highest BCUT2D eigenvalue weighted by Gasteiger charge is 2.24. The molecule has 1 saturated heterocycles. The SMILES string of the molecule is OC1CCCC1CCCNC1CCOCC1. The van der Waals surface area contributed by atoms with Crippen molar-refractivity contribution in [1.29, 1.82) is 0 Å². The Balaban J connectivity index is 1.51. The molecule has 3 heteroatoms. The zero-order valence-corrected chi connectivity index (χ0v) is 10.2. The fourth-order valence-electron chi connectivity index (χ4n) is 2.93. The number of aliphatic hydroxyl groups is 1. The molecule has 2 atom stereocenters. The minimum atomic E-state index is -0.0110. The second kappa shape index (κ2) is 6.58. The summed E-state index contributed by atoms with van der Waals surface area (Å²) in [6.45, 7) is 2.94. The molecule has 2 rings (SSSR count). The third-order valence-corrected chi connectivity index (χ3v) is 4.02. The van der Waals surface area contributed by atoms with E-state index in [1.807, 2.05) is 0 Å². The molecule has 2 aliphatic rings. The quantitative estimate of drug-likeness (QED) is 0.702. The van der Waals surface area contributed by atoms with Crippen molar-refractivity contribution in [2.24, 2.45) is 5.92 Å². The van der Waals surface area contributed by atoms with Crippen LogP contribution in [0.5, 0.6) is 0 Å². The topological polar surface area (TPSA) is 41.5 Å². The molecule has 16 heavy (non-hydrogen) atoms. The van der Waals surface area contributed by atoms with Gasteiger partial charge in [0.25, 0.3) is 0 Å².